The minimum atomic E-state index is -2.02. The molecule has 3 saturated heterocycles. The maximum Gasteiger partial charge on any atom is 0.509 e. The van der Waals surface area contributed by atoms with E-state index in [9.17, 15) is 34.2 Å². The van der Waals surface area contributed by atoms with Crippen LogP contribution in [0.25, 0.3) is 0 Å². The Bertz CT molecular complexity index is 2380. The van der Waals surface area contributed by atoms with Gasteiger partial charge >= 0.3 is 18.1 Å². The molecule has 4 saturated carbocycles. The van der Waals surface area contributed by atoms with Crippen molar-refractivity contribution in [3.8, 4) is 0 Å². The summed E-state index contributed by atoms with van der Waals surface area (Å²) >= 11 is 0. The number of ether oxygens (including phenoxy) is 6. The van der Waals surface area contributed by atoms with Crippen molar-refractivity contribution in [2.75, 3.05) is 13.2 Å². The number of rotatable bonds is 6. The number of carbonyl (C=O) groups is 5. The lowest BCUT2D eigenvalue weighted by Gasteiger charge is -2.68. The molecule has 412 valence electrons. The molecule has 17 heteroatoms. The molecule has 4 bridgehead atoms. The Balaban J connectivity index is 0.000000211. The van der Waals surface area contributed by atoms with E-state index in [1.54, 1.807) is 0 Å². The largest absolute Gasteiger partial charge is 0.509 e. The normalized spacial score (nSPS) is 46.1. The first-order valence-corrected chi connectivity index (χ1v) is 33.4. The van der Waals surface area contributed by atoms with Crippen molar-refractivity contribution in [1.29, 1.82) is 0 Å². The second kappa shape index (κ2) is 17.9. The molecule has 15 nitrogen and oxygen atoms in total. The van der Waals surface area contributed by atoms with E-state index in [0.717, 1.165) is 22.3 Å². The highest BCUT2D eigenvalue weighted by Crippen LogP contribution is 2.69. The van der Waals surface area contributed by atoms with Gasteiger partial charge in [-0.15, -0.1) is 0 Å². The summed E-state index contributed by atoms with van der Waals surface area (Å²) in [5.74, 6) is -3.41. The van der Waals surface area contributed by atoms with Gasteiger partial charge in [0.2, 0.25) is 0 Å². The minimum absolute atomic E-state index is 0. The lowest BCUT2D eigenvalue weighted by atomic mass is 9.42. The van der Waals surface area contributed by atoms with Gasteiger partial charge in [-0.05, 0) is 100 Å². The summed E-state index contributed by atoms with van der Waals surface area (Å²) in [5, 5.41) is 24.9. The van der Waals surface area contributed by atoms with E-state index in [4.69, 9.17) is 37.3 Å². The van der Waals surface area contributed by atoms with Gasteiger partial charge in [-0.2, -0.15) is 0 Å². The summed E-state index contributed by atoms with van der Waals surface area (Å²) in [6, 6.07) is 0. The maximum absolute atomic E-state index is 14.7. The Hall–Kier alpha value is -2.78. The lowest BCUT2D eigenvalue weighted by molar-refractivity contribution is -0.340. The fraction of sp³-hybridized carbons (Fsp3) is 0.839. The van der Waals surface area contributed by atoms with Crippen LogP contribution in [0.15, 0.2) is 22.3 Å². The van der Waals surface area contributed by atoms with Gasteiger partial charge in [0, 0.05) is 66.1 Å². The highest BCUT2D eigenvalue weighted by atomic mass is 28.4. The number of hydrogen-bond acceptors (Lipinski definition) is 15. The monoisotopic (exact) mass is 1060 g/mol. The third-order valence-electron chi connectivity index (χ3n) is 20.4. The van der Waals surface area contributed by atoms with Crippen molar-refractivity contribution < 1.29 is 71.5 Å². The lowest BCUT2D eigenvalue weighted by Crippen LogP contribution is -2.80. The Morgan fingerprint density at radius 3 is 1.44 bits per heavy atom. The van der Waals surface area contributed by atoms with Crippen LogP contribution in [0.4, 0.5) is 4.79 Å². The Kier molecular flexibility index (Phi) is 14.2. The number of fused-ring (bicyclic) bond motifs is 10. The zero-order valence-corrected chi connectivity index (χ0v) is 48.9. The van der Waals surface area contributed by atoms with Crippen LogP contribution in [0.1, 0.15) is 130 Å². The smallest absolute Gasteiger partial charge is 0.454 e. The molecule has 73 heavy (non-hydrogen) atoms. The van der Waals surface area contributed by atoms with Crippen LogP contribution in [-0.4, -0.2) is 129 Å². The summed E-state index contributed by atoms with van der Waals surface area (Å²) in [5.41, 5.74) is -4.65. The average Bonchev–Trinajstić information content (AvgIpc) is 3.56. The first kappa shape index (κ1) is 57.9. The summed E-state index contributed by atoms with van der Waals surface area (Å²) in [4.78, 5) is 67.2. The van der Waals surface area contributed by atoms with Gasteiger partial charge in [-0.25, -0.2) is 4.79 Å². The highest BCUT2D eigenvalue weighted by molar-refractivity contribution is 6.70. The summed E-state index contributed by atoms with van der Waals surface area (Å²) in [7, 11) is -4.03. The van der Waals surface area contributed by atoms with E-state index in [2.05, 4.69) is 67.0 Å². The molecule has 0 aromatic heterocycles. The number of aliphatic hydroxyl groups excluding tert-OH is 1. The molecule has 3 heterocycles. The van der Waals surface area contributed by atoms with Crippen molar-refractivity contribution in [1.82, 2.24) is 0 Å². The zero-order chi connectivity index (χ0) is 54.0. The zero-order valence-electron chi connectivity index (χ0n) is 46.9. The number of Topliss-reactive ketones (excluding diaryl/α,β-unsaturated/α-hetero) is 2. The number of carbonyl (C=O) groups excluding carboxylic acids is 5. The second-order valence-electron chi connectivity index (χ2n) is 27.1. The molecule has 0 aromatic rings. The molecule has 9 rings (SSSR count). The average molecular weight is 1060 g/mol. The SMILES string of the molecule is C.CC(=O)O[C@@]12CO[C@@H]1C[C@H](C)[C@@]1(C)C(=O)[C@H](C)C3=C(C)[C@@H](O[Si](C)(C)C)C[C@@](O)([C@@H](O)C12)C3(C)C.CC(=O)O[C@@]12CO[C@@H]1C[C@H](C)[C@@]1(C)C(=O)[C@H](C)C3=C(C)[C@@H](O[Si](C)(C)C)C[C@]4(OC(=O)O[C@H]4C12)C3(C)C. The first-order chi connectivity index (χ1) is 32.8. The number of esters is 2. The molecule has 3 aliphatic heterocycles. The molecule has 9 aliphatic rings. The number of aliphatic hydroxyl groups is 2. The standard InChI is InChI=1S/C28H42O8Si.C27H44O7Si.CH4/c1-14-11-19-27(13-32-19,34-17(4)29)21-23-28(35-24(31)33-23)12-18(36-37(8,9)10)15(2)20(25(28,5)6)16(3)22(30)26(14,21)7;1-14-11-19-26(13-32-19,33-17(4)28)21-23(30)27(31)12-18(34-35(8,9)10)15(2)20(24(27,5)6)16(3)22(29)25(14,21)7;/h14,16,18-19,21,23H,11-13H2,1-10H3;14,16,18-19,21,23,30-31H,11-13H2,1-10H3;1H4/t14-,16+,18-,19+,21?,23-,26+,27-,28+;14-,16+,18-,19+,21?,23-,25+,26-,27+;/m00./s1. The van der Waals surface area contributed by atoms with Crippen LogP contribution in [-0.2, 0) is 56.5 Å². The third-order valence-corrected chi connectivity index (χ3v) is 22.3. The predicted octanol–water partition coefficient (Wildman–Crippen LogP) is 9.07. The quantitative estimate of drug-likeness (QED) is 0.110. The molecule has 7 fully saturated rings. The molecule has 0 aromatic carbocycles. The van der Waals surface area contributed by atoms with Gasteiger partial charge < -0.3 is 47.5 Å². The van der Waals surface area contributed by atoms with Crippen LogP contribution in [0, 0.1) is 57.2 Å². The van der Waals surface area contributed by atoms with Crippen LogP contribution < -0.4 is 0 Å². The minimum Gasteiger partial charge on any atom is -0.454 e. The van der Waals surface area contributed by atoms with Crippen molar-refractivity contribution in [2.45, 2.75) is 228 Å². The predicted molar refractivity (Wildman–Crippen MR) is 278 cm³/mol. The Morgan fingerprint density at radius 2 is 1.04 bits per heavy atom. The van der Waals surface area contributed by atoms with Crippen molar-refractivity contribution in [3.63, 3.8) is 0 Å². The van der Waals surface area contributed by atoms with Gasteiger partial charge in [0.15, 0.2) is 39.5 Å². The van der Waals surface area contributed by atoms with E-state index in [0.29, 0.717) is 19.3 Å². The van der Waals surface area contributed by atoms with E-state index in [1.807, 2.05) is 55.4 Å². The maximum atomic E-state index is 14.7. The van der Waals surface area contributed by atoms with E-state index in [-0.39, 0.29) is 62.7 Å². The number of ketones is 2. The first-order valence-electron chi connectivity index (χ1n) is 26.6. The molecule has 1 spiro atoms. The second-order valence-corrected chi connectivity index (χ2v) is 36.0. The van der Waals surface area contributed by atoms with Gasteiger partial charge in [0.25, 0.3) is 0 Å². The topological polar surface area (TPSA) is 200 Å². The summed E-state index contributed by atoms with van der Waals surface area (Å²) in [6.45, 7) is 39.6. The van der Waals surface area contributed by atoms with E-state index < -0.39 is 127 Å². The van der Waals surface area contributed by atoms with Crippen LogP contribution in [0.2, 0.25) is 39.3 Å². The van der Waals surface area contributed by atoms with Gasteiger partial charge in [0.05, 0.1) is 37.4 Å². The van der Waals surface area contributed by atoms with Gasteiger partial charge in [-0.3, -0.25) is 19.2 Å². The van der Waals surface area contributed by atoms with Gasteiger partial charge in [0.1, 0.15) is 29.4 Å². The molecule has 0 amide bonds. The summed E-state index contributed by atoms with van der Waals surface area (Å²) in [6.07, 6.45) is -2.65. The van der Waals surface area contributed by atoms with Gasteiger partial charge in [-0.1, -0.05) is 76.7 Å². The fourth-order valence-corrected chi connectivity index (χ4v) is 19.1. The van der Waals surface area contributed by atoms with Crippen molar-refractivity contribution >= 4 is 46.3 Å². The van der Waals surface area contributed by atoms with Crippen LogP contribution >= 0.6 is 0 Å². The molecule has 2 unspecified atom stereocenters. The summed E-state index contributed by atoms with van der Waals surface area (Å²) < 4.78 is 49.6. The Labute approximate surface area is 437 Å². The van der Waals surface area contributed by atoms with Crippen LogP contribution in [0.5, 0.6) is 0 Å². The van der Waals surface area contributed by atoms with E-state index in [1.165, 1.54) is 13.8 Å². The highest BCUT2D eigenvalue weighted by Gasteiger charge is 2.80. The molecule has 2 N–H and O–H groups in total. The molecular weight excluding hydrogens is 969 g/mol. The molecule has 18 atom stereocenters. The fourth-order valence-electron chi connectivity index (χ4n) is 16.8. The van der Waals surface area contributed by atoms with Crippen molar-refractivity contribution in [2.24, 2.45) is 57.2 Å². The van der Waals surface area contributed by atoms with Crippen LogP contribution in [0.3, 0.4) is 0 Å². The molecular formula is C56H90O15Si2. The van der Waals surface area contributed by atoms with Crippen molar-refractivity contribution in [3.05, 3.63) is 22.3 Å². The molecule has 6 aliphatic carbocycles. The third kappa shape index (κ3) is 7.96. The number of hydrogen-bond donors (Lipinski definition) is 2. The molecule has 0 radical (unpaired) electrons. The van der Waals surface area contributed by atoms with E-state index >= 15 is 0 Å². The Morgan fingerprint density at radius 1 is 0.644 bits per heavy atom.